The molecule has 0 aliphatic rings. The summed E-state index contributed by atoms with van der Waals surface area (Å²) in [4.78, 5) is 14.6. The first kappa shape index (κ1) is 20.9. The highest BCUT2D eigenvalue weighted by Crippen LogP contribution is 2.37. The van der Waals surface area contributed by atoms with Crippen LogP contribution in [0, 0.1) is 48.5 Å². The normalized spacial score (nSPS) is 10.9. The Morgan fingerprint density at radius 3 is 1.59 bits per heavy atom. The Bertz CT molecular complexity index is 1060. The van der Waals surface area contributed by atoms with E-state index in [4.69, 9.17) is 0 Å². The second-order valence-electron chi connectivity index (χ2n) is 8.38. The lowest BCUT2D eigenvalue weighted by atomic mass is 9.92. The van der Waals surface area contributed by atoms with E-state index in [2.05, 4.69) is 90.9 Å². The molecule has 0 N–H and O–H groups in total. The molecule has 0 spiro atoms. The largest absolute Gasteiger partial charge is 0.281 e. The molecule has 2 heteroatoms. The Hall–Kier alpha value is -2.87. The van der Waals surface area contributed by atoms with Crippen molar-refractivity contribution in [2.75, 3.05) is 4.90 Å². The average molecular weight is 386 g/mol. The van der Waals surface area contributed by atoms with Crippen molar-refractivity contribution in [3.8, 4) is 11.1 Å². The molecule has 3 aromatic rings. The molecule has 0 radical (unpaired) electrons. The minimum Gasteiger partial charge on any atom is -0.281 e. The third-order valence-electron chi connectivity index (χ3n) is 5.58. The molecule has 0 aliphatic heterocycles. The second kappa shape index (κ2) is 7.87. The van der Waals surface area contributed by atoms with Gasteiger partial charge in [-0.15, -0.1) is 0 Å². The molecule has 0 saturated heterocycles. The number of amides is 1. The van der Waals surface area contributed by atoms with Crippen molar-refractivity contribution in [2.24, 2.45) is 0 Å². The SMILES string of the molecule is CC(=O)N(c1ccc(-c2c(C)cc(C)cc2C)cc1C)c1c(C)cc(C)cc1C. The topological polar surface area (TPSA) is 20.3 Å². The summed E-state index contributed by atoms with van der Waals surface area (Å²) in [6.45, 7) is 16.4. The van der Waals surface area contributed by atoms with Gasteiger partial charge in [-0.05, 0) is 99.5 Å². The first-order chi connectivity index (χ1) is 13.6. The maximum Gasteiger partial charge on any atom is 0.228 e. The molecule has 0 fully saturated rings. The fourth-order valence-electron chi connectivity index (χ4n) is 4.67. The van der Waals surface area contributed by atoms with Gasteiger partial charge in [0.2, 0.25) is 5.91 Å². The quantitative estimate of drug-likeness (QED) is 0.467. The fourth-order valence-corrected chi connectivity index (χ4v) is 4.67. The van der Waals surface area contributed by atoms with Crippen LogP contribution in [0.25, 0.3) is 11.1 Å². The summed E-state index contributed by atoms with van der Waals surface area (Å²) in [5.74, 6) is 0.0265. The van der Waals surface area contributed by atoms with Crippen LogP contribution in [0.2, 0.25) is 0 Å². The molecule has 1 amide bonds. The zero-order valence-corrected chi connectivity index (χ0v) is 18.9. The van der Waals surface area contributed by atoms with Crippen LogP contribution in [0.15, 0.2) is 42.5 Å². The van der Waals surface area contributed by atoms with Gasteiger partial charge in [0.15, 0.2) is 0 Å². The number of benzene rings is 3. The lowest BCUT2D eigenvalue weighted by Gasteiger charge is -2.27. The number of carbonyl (C=O) groups is 1. The van der Waals surface area contributed by atoms with E-state index in [-0.39, 0.29) is 5.91 Å². The number of anilines is 2. The molecule has 0 saturated carbocycles. The Morgan fingerprint density at radius 2 is 1.14 bits per heavy atom. The lowest BCUT2D eigenvalue weighted by molar-refractivity contribution is -0.115. The molecule has 0 atom stereocenters. The van der Waals surface area contributed by atoms with Crippen LogP contribution in [-0.2, 0) is 4.79 Å². The predicted molar refractivity (Wildman–Crippen MR) is 124 cm³/mol. The maximum absolute atomic E-state index is 12.7. The maximum atomic E-state index is 12.7. The van der Waals surface area contributed by atoms with Crippen molar-refractivity contribution < 1.29 is 4.79 Å². The van der Waals surface area contributed by atoms with Crippen molar-refractivity contribution in [1.82, 2.24) is 0 Å². The first-order valence-corrected chi connectivity index (χ1v) is 10.2. The van der Waals surface area contributed by atoms with Crippen molar-refractivity contribution in [2.45, 2.75) is 55.4 Å². The van der Waals surface area contributed by atoms with Gasteiger partial charge in [0.1, 0.15) is 0 Å². The molecular weight excluding hydrogens is 354 g/mol. The zero-order valence-electron chi connectivity index (χ0n) is 18.9. The summed E-state index contributed by atoms with van der Waals surface area (Å²) in [5.41, 5.74) is 12.8. The number of aryl methyl sites for hydroxylation is 7. The van der Waals surface area contributed by atoms with E-state index in [9.17, 15) is 4.79 Å². The molecule has 0 aromatic heterocycles. The van der Waals surface area contributed by atoms with Gasteiger partial charge in [-0.2, -0.15) is 0 Å². The van der Waals surface area contributed by atoms with Crippen LogP contribution in [-0.4, -0.2) is 5.91 Å². The van der Waals surface area contributed by atoms with Crippen molar-refractivity contribution in [3.05, 3.63) is 81.4 Å². The van der Waals surface area contributed by atoms with Crippen LogP contribution >= 0.6 is 0 Å². The summed E-state index contributed by atoms with van der Waals surface area (Å²) in [5, 5.41) is 0. The van der Waals surface area contributed by atoms with Gasteiger partial charge in [0.05, 0.1) is 11.4 Å². The van der Waals surface area contributed by atoms with E-state index in [0.29, 0.717) is 0 Å². The summed E-state index contributed by atoms with van der Waals surface area (Å²) < 4.78 is 0. The van der Waals surface area contributed by atoms with E-state index in [1.807, 2.05) is 4.90 Å². The molecule has 0 bridgehead atoms. The number of carbonyl (C=O) groups excluding carboxylic acids is 1. The minimum atomic E-state index is 0.0265. The summed E-state index contributed by atoms with van der Waals surface area (Å²) in [6, 6.07) is 15.2. The minimum absolute atomic E-state index is 0.0265. The van der Waals surface area contributed by atoms with E-state index < -0.39 is 0 Å². The van der Waals surface area contributed by atoms with Gasteiger partial charge in [-0.1, -0.05) is 41.5 Å². The first-order valence-electron chi connectivity index (χ1n) is 10.2. The smallest absolute Gasteiger partial charge is 0.228 e. The van der Waals surface area contributed by atoms with Gasteiger partial charge >= 0.3 is 0 Å². The molecule has 3 aromatic carbocycles. The monoisotopic (exact) mass is 385 g/mol. The Balaban J connectivity index is 2.16. The third-order valence-corrected chi connectivity index (χ3v) is 5.58. The molecule has 0 heterocycles. The summed E-state index contributed by atoms with van der Waals surface area (Å²) in [7, 11) is 0. The summed E-state index contributed by atoms with van der Waals surface area (Å²) in [6.07, 6.45) is 0. The van der Waals surface area contributed by atoms with E-state index in [1.165, 1.54) is 33.4 Å². The number of hydrogen-bond donors (Lipinski definition) is 0. The van der Waals surface area contributed by atoms with Gasteiger partial charge in [0.25, 0.3) is 0 Å². The highest BCUT2D eigenvalue weighted by atomic mass is 16.2. The van der Waals surface area contributed by atoms with Crippen molar-refractivity contribution in [1.29, 1.82) is 0 Å². The van der Waals surface area contributed by atoms with Crippen molar-refractivity contribution >= 4 is 17.3 Å². The van der Waals surface area contributed by atoms with E-state index in [0.717, 1.165) is 28.1 Å². The van der Waals surface area contributed by atoms with Crippen LogP contribution in [0.4, 0.5) is 11.4 Å². The molecular formula is C27H31NO. The molecule has 29 heavy (non-hydrogen) atoms. The number of hydrogen-bond acceptors (Lipinski definition) is 1. The zero-order chi connectivity index (χ0) is 21.5. The highest BCUT2D eigenvalue weighted by Gasteiger charge is 2.21. The second-order valence-corrected chi connectivity index (χ2v) is 8.38. The Kier molecular flexibility index (Phi) is 5.66. The predicted octanol–water partition coefficient (Wildman–Crippen LogP) is 7.20. The third kappa shape index (κ3) is 3.98. The van der Waals surface area contributed by atoms with Crippen LogP contribution in [0.1, 0.15) is 45.9 Å². The van der Waals surface area contributed by atoms with Gasteiger partial charge in [-0.3, -0.25) is 9.69 Å². The summed E-state index contributed by atoms with van der Waals surface area (Å²) >= 11 is 0. The highest BCUT2D eigenvalue weighted by molar-refractivity contribution is 6.01. The number of rotatable bonds is 3. The average Bonchev–Trinajstić information content (AvgIpc) is 2.57. The van der Waals surface area contributed by atoms with Crippen LogP contribution < -0.4 is 4.90 Å². The Labute approximate surface area is 175 Å². The van der Waals surface area contributed by atoms with Crippen molar-refractivity contribution in [3.63, 3.8) is 0 Å². The van der Waals surface area contributed by atoms with E-state index in [1.54, 1.807) is 6.92 Å². The lowest BCUT2D eigenvalue weighted by Crippen LogP contribution is -2.25. The molecule has 0 aliphatic carbocycles. The van der Waals surface area contributed by atoms with Crippen LogP contribution in [0.5, 0.6) is 0 Å². The van der Waals surface area contributed by atoms with Gasteiger partial charge in [0, 0.05) is 6.92 Å². The number of nitrogens with zero attached hydrogens (tertiary/aromatic N) is 1. The molecule has 3 rings (SSSR count). The fraction of sp³-hybridized carbons (Fsp3) is 0.296. The molecule has 0 unspecified atom stereocenters. The van der Waals surface area contributed by atoms with Crippen LogP contribution in [0.3, 0.4) is 0 Å². The Morgan fingerprint density at radius 1 is 0.655 bits per heavy atom. The standard InChI is InChI=1S/C27H31NO/c1-16-11-19(4)26(20(5)12-16)24-9-10-25(18(3)15-24)28(23(8)29)27-21(6)13-17(2)14-22(27)7/h9-15H,1-8H3. The van der Waals surface area contributed by atoms with Gasteiger partial charge in [-0.25, -0.2) is 0 Å². The molecule has 150 valence electrons. The van der Waals surface area contributed by atoms with Gasteiger partial charge < -0.3 is 0 Å². The molecule has 2 nitrogen and oxygen atoms in total. The van der Waals surface area contributed by atoms with E-state index >= 15 is 0 Å².